The summed E-state index contributed by atoms with van der Waals surface area (Å²) in [5.41, 5.74) is 12.3. The lowest BCUT2D eigenvalue weighted by atomic mass is 10.2. The van der Waals surface area contributed by atoms with Crippen molar-refractivity contribution >= 4 is 11.4 Å². The van der Waals surface area contributed by atoms with Crippen molar-refractivity contribution in [3.05, 3.63) is 23.8 Å². The minimum absolute atomic E-state index is 0.457. The number of anilines is 2. The largest absolute Gasteiger partial charge is 0.397 e. The van der Waals surface area contributed by atoms with Gasteiger partial charge in [-0.2, -0.15) is 5.26 Å². The molecule has 1 aromatic rings. The SMILES string of the molecule is CC.N#Cc1ccc(N)c(N)c1. The molecule has 4 N–H and O–H groups in total. The van der Waals surface area contributed by atoms with E-state index < -0.39 is 0 Å². The summed E-state index contributed by atoms with van der Waals surface area (Å²) >= 11 is 0. The van der Waals surface area contributed by atoms with Crippen LogP contribution >= 0.6 is 0 Å². The minimum atomic E-state index is 0.457. The Hall–Kier alpha value is -1.69. The molecule has 0 atom stereocenters. The molecule has 3 nitrogen and oxygen atoms in total. The van der Waals surface area contributed by atoms with Crippen molar-refractivity contribution in [2.24, 2.45) is 0 Å². The van der Waals surface area contributed by atoms with Crippen LogP contribution in [0.2, 0.25) is 0 Å². The highest BCUT2D eigenvalue weighted by atomic mass is 14.7. The normalized spacial score (nSPS) is 7.75. The maximum absolute atomic E-state index is 8.41. The van der Waals surface area contributed by atoms with Crippen LogP contribution < -0.4 is 11.5 Å². The van der Waals surface area contributed by atoms with Gasteiger partial charge in [0, 0.05) is 0 Å². The van der Waals surface area contributed by atoms with E-state index in [4.69, 9.17) is 16.7 Å². The van der Waals surface area contributed by atoms with Gasteiger partial charge in [0.05, 0.1) is 23.0 Å². The van der Waals surface area contributed by atoms with Crippen LogP contribution in [0.4, 0.5) is 11.4 Å². The third-order valence-corrected chi connectivity index (χ3v) is 1.22. The Bertz CT molecular complexity index is 286. The molecule has 1 rings (SSSR count). The number of nitrogens with two attached hydrogens (primary N) is 2. The molecule has 0 aliphatic carbocycles. The van der Waals surface area contributed by atoms with E-state index in [0.29, 0.717) is 16.9 Å². The fourth-order valence-corrected chi connectivity index (χ4v) is 0.644. The quantitative estimate of drug-likeness (QED) is 0.572. The topological polar surface area (TPSA) is 75.8 Å². The van der Waals surface area contributed by atoms with Crippen LogP contribution in [0, 0.1) is 11.3 Å². The fraction of sp³-hybridized carbons (Fsp3) is 0.222. The molecule has 1 aromatic carbocycles. The molecule has 3 heteroatoms. The van der Waals surface area contributed by atoms with Crippen LogP contribution in [-0.2, 0) is 0 Å². The first-order valence-corrected chi connectivity index (χ1v) is 3.79. The molecule has 0 unspecified atom stereocenters. The predicted molar refractivity (Wildman–Crippen MR) is 51.3 cm³/mol. The average molecular weight is 163 g/mol. The molecule has 0 aliphatic heterocycles. The zero-order valence-electron chi connectivity index (χ0n) is 7.33. The second-order valence-electron chi connectivity index (χ2n) is 1.96. The van der Waals surface area contributed by atoms with Crippen LogP contribution in [0.1, 0.15) is 19.4 Å². The Balaban J connectivity index is 0.000000561. The number of hydrogen-bond donors (Lipinski definition) is 2. The third-order valence-electron chi connectivity index (χ3n) is 1.22. The van der Waals surface area contributed by atoms with E-state index in [9.17, 15) is 0 Å². The maximum Gasteiger partial charge on any atom is 0.0992 e. The van der Waals surface area contributed by atoms with Gasteiger partial charge in [0.25, 0.3) is 0 Å². The van der Waals surface area contributed by atoms with Gasteiger partial charge in [-0.05, 0) is 18.2 Å². The monoisotopic (exact) mass is 163 g/mol. The fourth-order valence-electron chi connectivity index (χ4n) is 0.644. The van der Waals surface area contributed by atoms with Gasteiger partial charge in [-0.1, -0.05) is 13.8 Å². The van der Waals surface area contributed by atoms with Gasteiger partial charge < -0.3 is 11.5 Å². The van der Waals surface area contributed by atoms with Crippen molar-refractivity contribution in [1.29, 1.82) is 5.26 Å². The van der Waals surface area contributed by atoms with Crippen molar-refractivity contribution in [3.8, 4) is 6.07 Å². The Morgan fingerprint density at radius 2 is 1.75 bits per heavy atom. The molecular weight excluding hydrogens is 150 g/mol. The van der Waals surface area contributed by atoms with Crippen molar-refractivity contribution in [2.75, 3.05) is 11.5 Å². The Kier molecular flexibility index (Phi) is 4.32. The molecular formula is C9H13N3. The van der Waals surface area contributed by atoms with Crippen molar-refractivity contribution in [2.45, 2.75) is 13.8 Å². The molecule has 0 radical (unpaired) electrons. The van der Waals surface area contributed by atoms with E-state index in [1.807, 2.05) is 19.9 Å². The standard InChI is InChI=1S/C7H7N3.C2H6/c8-4-5-1-2-6(9)7(10)3-5;1-2/h1-3H,9-10H2;1-2H3. The van der Waals surface area contributed by atoms with Crippen LogP contribution in [0.25, 0.3) is 0 Å². The summed E-state index contributed by atoms with van der Waals surface area (Å²) in [7, 11) is 0. The predicted octanol–water partition coefficient (Wildman–Crippen LogP) is 1.75. The highest BCUT2D eigenvalue weighted by molar-refractivity contribution is 5.65. The Morgan fingerprint density at radius 3 is 2.17 bits per heavy atom. The molecule has 64 valence electrons. The average Bonchev–Trinajstić information content (AvgIpc) is 2.13. The summed E-state index contributed by atoms with van der Waals surface area (Å²) in [6.07, 6.45) is 0. The Morgan fingerprint density at radius 1 is 1.17 bits per heavy atom. The lowest BCUT2D eigenvalue weighted by Gasteiger charge is -1.97. The smallest absolute Gasteiger partial charge is 0.0992 e. The molecule has 0 saturated carbocycles. The molecule has 0 aliphatic rings. The zero-order chi connectivity index (χ0) is 9.56. The van der Waals surface area contributed by atoms with Gasteiger partial charge in [-0.25, -0.2) is 0 Å². The minimum Gasteiger partial charge on any atom is -0.397 e. The van der Waals surface area contributed by atoms with Gasteiger partial charge in [-0.3, -0.25) is 0 Å². The van der Waals surface area contributed by atoms with E-state index in [-0.39, 0.29) is 0 Å². The summed E-state index contributed by atoms with van der Waals surface area (Å²) in [4.78, 5) is 0. The van der Waals surface area contributed by atoms with E-state index in [0.717, 1.165) is 0 Å². The first kappa shape index (κ1) is 10.3. The number of benzene rings is 1. The Labute approximate surface area is 72.6 Å². The molecule has 0 aromatic heterocycles. The maximum atomic E-state index is 8.41. The lowest BCUT2D eigenvalue weighted by molar-refractivity contribution is 1.48. The van der Waals surface area contributed by atoms with Gasteiger partial charge in [0.15, 0.2) is 0 Å². The van der Waals surface area contributed by atoms with E-state index in [2.05, 4.69) is 0 Å². The van der Waals surface area contributed by atoms with E-state index >= 15 is 0 Å². The number of nitrogens with zero attached hydrogens (tertiary/aromatic N) is 1. The van der Waals surface area contributed by atoms with Gasteiger partial charge in [0.1, 0.15) is 0 Å². The zero-order valence-corrected chi connectivity index (χ0v) is 7.33. The highest BCUT2D eigenvalue weighted by Gasteiger charge is 1.93. The summed E-state index contributed by atoms with van der Waals surface area (Å²) in [5, 5.41) is 8.41. The number of hydrogen-bond acceptors (Lipinski definition) is 3. The first-order valence-electron chi connectivity index (χ1n) is 3.79. The van der Waals surface area contributed by atoms with Gasteiger partial charge in [-0.15, -0.1) is 0 Å². The molecule has 0 amide bonds. The number of nitriles is 1. The molecule has 12 heavy (non-hydrogen) atoms. The third kappa shape index (κ3) is 2.51. The highest BCUT2D eigenvalue weighted by Crippen LogP contribution is 2.14. The van der Waals surface area contributed by atoms with E-state index in [1.165, 1.54) is 0 Å². The molecule has 0 spiro atoms. The van der Waals surface area contributed by atoms with Crippen LogP contribution in [0.3, 0.4) is 0 Å². The second kappa shape index (κ2) is 5.03. The molecule has 0 heterocycles. The van der Waals surface area contributed by atoms with Crippen molar-refractivity contribution in [3.63, 3.8) is 0 Å². The van der Waals surface area contributed by atoms with Gasteiger partial charge >= 0.3 is 0 Å². The summed E-state index contributed by atoms with van der Waals surface area (Å²) in [6.45, 7) is 4.00. The van der Waals surface area contributed by atoms with Crippen LogP contribution in [-0.4, -0.2) is 0 Å². The van der Waals surface area contributed by atoms with Crippen molar-refractivity contribution < 1.29 is 0 Å². The van der Waals surface area contributed by atoms with Crippen LogP contribution in [0.5, 0.6) is 0 Å². The second-order valence-corrected chi connectivity index (χ2v) is 1.96. The summed E-state index contributed by atoms with van der Waals surface area (Å²) in [5.74, 6) is 0. The number of nitrogen functional groups attached to an aromatic ring is 2. The summed E-state index contributed by atoms with van der Waals surface area (Å²) < 4.78 is 0. The number of rotatable bonds is 0. The summed E-state index contributed by atoms with van der Waals surface area (Å²) in [6, 6.07) is 6.76. The lowest BCUT2D eigenvalue weighted by Crippen LogP contribution is -1.93. The van der Waals surface area contributed by atoms with Crippen molar-refractivity contribution in [1.82, 2.24) is 0 Å². The molecule has 0 saturated heterocycles. The molecule has 0 bridgehead atoms. The van der Waals surface area contributed by atoms with Gasteiger partial charge in [0.2, 0.25) is 0 Å². The molecule has 0 fully saturated rings. The van der Waals surface area contributed by atoms with Crippen LogP contribution in [0.15, 0.2) is 18.2 Å². The first-order chi connectivity index (χ1) is 5.74. The van der Waals surface area contributed by atoms with E-state index in [1.54, 1.807) is 18.2 Å².